The SMILES string of the molecule is CCCC[Si](CCCC)(CCCC)c1ccc(P(c2ccc([Si](CCCC)(CCCC)CCCC)cc2)N(C)P(c2ccccc2F)c2ccccc2F)cc1. The number of benzene rings is 4. The van der Waals surface area contributed by atoms with Crippen molar-refractivity contribution >= 4 is 63.9 Å². The lowest BCUT2D eigenvalue weighted by molar-refractivity contribution is 0.633. The molecule has 4 rings (SSSR count). The summed E-state index contributed by atoms with van der Waals surface area (Å²) in [6.07, 6.45) is 15.3. The summed E-state index contributed by atoms with van der Waals surface area (Å²) < 4.78 is 34.3. The highest BCUT2D eigenvalue weighted by atomic mass is 31.2. The van der Waals surface area contributed by atoms with Crippen LogP contribution in [0.5, 0.6) is 0 Å². The molecule has 0 unspecified atom stereocenters. The molecule has 4 aromatic carbocycles. The minimum atomic E-state index is -1.70. The molecule has 0 aromatic heterocycles. The van der Waals surface area contributed by atoms with Gasteiger partial charge in [0.15, 0.2) is 0 Å². The van der Waals surface area contributed by atoms with E-state index in [0.29, 0.717) is 10.6 Å². The minimum absolute atomic E-state index is 0.272. The van der Waals surface area contributed by atoms with Gasteiger partial charge in [0.25, 0.3) is 0 Å². The van der Waals surface area contributed by atoms with Gasteiger partial charge in [-0.25, -0.2) is 13.2 Å². The van der Waals surface area contributed by atoms with Gasteiger partial charge in [-0.3, -0.25) is 0 Å². The number of rotatable bonds is 26. The van der Waals surface area contributed by atoms with E-state index in [0.717, 1.165) is 0 Å². The van der Waals surface area contributed by atoms with E-state index >= 15 is 8.78 Å². The molecule has 0 saturated carbocycles. The van der Waals surface area contributed by atoms with Crippen LogP contribution in [0.2, 0.25) is 36.3 Å². The van der Waals surface area contributed by atoms with Crippen molar-refractivity contribution in [3.8, 4) is 0 Å². The molecule has 0 fully saturated rings. The Labute approximate surface area is 346 Å². The third-order valence-electron chi connectivity index (χ3n) is 12.2. The number of unbranched alkanes of at least 4 members (excludes halogenated alkanes) is 6. The van der Waals surface area contributed by atoms with Crippen LogP contribution >= 0.6 is 16.1 Å². The van der Waals surface area contributed by atoms with Crippen molar-refractivity contribution in [2.45, 2.75) is 155 Å². The van der Waals surface area contributed by atoms with E-state index in [-0.39, 0.29) is 11.6 Å². The highest BCUT2D eigenvalue weighted by Crippen LogP contribution is 2.53. The van der Waals surface area contributed by atoms with Crippen LogP contribution in [0.15, 0.2) is 97.1 Å². The first kappa shape index (κ1) is 46.7. The van der Waals surface area contributed by atoms with Gasteiger partial charge in [-0.2, -0.15) is 0 Å². The van der Waals surface area contributed by atoms with Crippen molar-refractivity contribution in [1.29, 1.82) is 0 Å². The van der Waals surface area contributed by atoms with Crippen LogP contribution in [-0.4, -0.2) is 27.6 Å². The maximum Gasteiger partial charge on any atom is 0.132 e. The Bertz CT molecular complexity index is 1530. The summed E-state index contributed by atoms with van der Waals surface area (Å²) in [5.74, 6) is -0.544. The average Bonchev–Trinajstić information content (AvgIpc) is 3.23. The Kier molecular flexibility index (Phi) is 20.1. The van der Waals surface area contributed by atoms with E-state index in [1.165, 1.54) is 136 Å². The van der Waals surface area contributed by atoms with Gasteiger partial charge in [0.2, 0.25) is 0 Å². The molecule has 0 N–H and O–H groups in total. The Morgan fingerprint density at radius 1 is 0.411 bits per heavy atom. The van der Waals surface area contributed by atoms with Crippen molar-refractivity contribution in [2.75, 3.05) is 7.05 Å². The molecule has 0 heterocycles. The normalized spacial score (nSPS) is 12.4. The Hall–Kier alpha value is -2.01. The van der Waals surface area contributed by atoms with Gasteiger partial charge in [0.05, 0.1) is 16.1 Å². The molecule has 0 spiro atoms. The van der Waals surface area contributed by atoms with Gasteiger partial charge >= 0.3 is 0 Å². The predicted octanol–water partition coefficient (Wildman–Crippen LogP) is 13.4. The fourth-order valence-corrected chi connectivity index (χ4v) is 25.7. The standard InChI is InChI=1S/C49H73F2NP2Si2/c1-8-14-36-55(37-15-9-2,38-16-10-3)44-32-28-42(29-33-44)53(52(7)54(48-26-22-20-24-46(48)50)49-27-23-21-25-47(49)51)43-30-34-45(35-31-43)56(39-17-11-4,40-18-12-5)41-19-13-6/h20-35H,8-19,36-41H2,1-7H3. The number of hydrogen-bond donors (Lipinski definition) is 0. The Morgan fingerprint density at radius 2 is 0.696 bits per heavy atom. The second-order valence-corrected chi connectivity index (χ2v) is 30.3. The quantitative estimate of drug-likeness (QED) is 0.0450. The molecular formula is C49H73F2NP2Si2. The summed E-state index contributed by atoms with van der Waals surface area (Å²) in [5.41, 5.74) is 0. The molecule has 0 aliphatic carbocycles. The molecule has 306 valence electrons. The average molecular weight is 832 g/mol. The molecular weight excluding hydrogens is 759 g/mol. The van der Waals surface area contributed by atoms with Crippen molar-refractivity contribution in [2.24, 2.45) is 0 Å². The summed E-state index contributed by atoms with van der Waals surface area (Å²) in [6.45, 7) is 14.0. The van der Waals surface area contributed by atoms with Gasteiger partial charge in [-0.1, -0.05) is 238 Å². The van der Waals surface area contributed by atoms with E-state index in [1.54, 1.807) is 22.5 Å². The summed E-state index contributed by atoms with van der Waals surface area (Å²) in [6, 6.07) is 41.9. The van der Waals surface area contributed by atoms with Gasteiger partial charge in [-0.15, -0.1) is 0 Å². The summed E-state index contributed by atoms with van der Waals surface area (Å²) >= 11 is 0. The Balaban J connectivity index is 1.92. The topological polar surface area (TPSA) is 3.24 Å². The van der Waals surface area contributed by atoms with Crippen molar-refractivity contribution in [3.05, 3.63) is 109 Å². The molecule has 0 bridgehead atoms. The molecule has 7 heteroatoms. The Morgan fingerprint density at radius 3 is 0.964 bits per heavy atom. The van der Waals surface area contributed by atoms with Crippen molar-refractivity contribution in [3.63, 3.8) is 0 Å². The second-order valence-electron chi connectivity index (χ2n) is 16.3. The van der Waals surface area contributed by atoms with Crippen LogP contribution in [0.3, 0.4) is 0 Å². The van der Waals surface area contributed by atoms with Crippen LogP contribution in [-0.2, 0) is 0 Å². The fraction of sp³-hybridized carbons (Fsp3) is 0.510. The third-order valence-corrected chi connectivity index (χ3v) is 28.7. The fourth-order valence-electron chi connectivity index (χ4n) is 8.88. The lowest BCUT2D eigenvalue weighted by atomic mass is 10.3. The lowest BCUT2D eigenvalue weighted by Gasteiger charge is -2.38. The van der Waals surface area contributed by atoms with Gasteiger partial charge in [-0.05, 0) is 41.9 Å². The van der Waals surface area contributed by atoms with Gasteiger partial charge in [0.1, 0.15) is 11.6 Å². The first-order valence-electron chi connectivity index (χ1n) is 22.3. The molecule has 0 radical (unpaired) electrons. The van der Waals surface area contributed by atoms with E-state index in [9.17, 15) is 0 Å². The zero-order valence-corrected chi connectivity index (χ0v) is 39.9. The maximum atomic E-state index is 15.9. The first-order chi connectivity index (χ1) is 27.2. The van der Waals surface area contributed by atoms with Gasteiger partial charge < -0.3 is 0 Å². The predicted molar refractivity (Wildman–Crippen MR) is 255 cm³/mol. The molecule has 0 amide bonds. The van der Waals surface area contributed by atoms with Gasteiger partial charge in [0, 0.05) is 26.8 Å². The number of hydrogen-bond acceptors (Lipinski definition) is 1. The zero-order chi connectivity index (χ0) is 40.4. The summed E-state index contributed by atoms with van der Waals surface area (Å²) in [7, 11) is -3.92. The molecule has 56 heavy (non-hydrogen) atoms. The molecule has 4 aromatic rings. The van der Waals surface area contributed by atoms with E-state index < -0.39 is 32.3 Å². The van der Waals surface area contributed by atoms with E-state index in [4.69, 9.17) is 0 Å². The molecule has 0 atom stereocenters. The first-order valence-corrected chi connectivity index (χ1v) is 30.1. The van der Waals surface area contributed by atoms with Crippen LogP contribution in [0.1, 0.15) is 119 Å². The van der Waals surface area contributed by atoms with E-state index in [2.05, 4.69) is 102 Å². The highest BCUT2D eigenvalue weighted by molar-refractivity contribution is 7.84. The van der Waals surface area contributed by atoms with E-state index in [1.807, 2.05) is 24.3 Å². The molecule has 0 aliphatic heterocycles. The summed E-state index contributed by atoms with van der Waals surface area (Å²) in [4.78, 5) is 0. The summed E-state index contributed by atoms with van der Waals surface area (Å²) in [5, 5.41) is 6.88. The van der Waals surface area contributed by atoms with Crippen molar-refractivity contribution < 1.29 is 8.78 Å². The zero-order valence-electron chi connectivity index (χ0n) is 36.1. The van der Waals surface area contributed by atoms with Crippen molar-refractivity contribution in [1.82, 2.24) is 4.44 Å². The molecule has 1 nitrogen and oxygen atoms in total. The monoisotopic (exact) mass is 831 g/mol. The smallest absolute Gasteiger partial charge is 0.132 e. The maximum absolute atomic E-state index is 15.9. The van der Waals surface area contributed by atoms with Crippen LogP contribution < -0.4 is 31.6 Å². The third kappa shape index (κ3) is 12.0. The van der Waals surface area contributed by atoms with Crippen LogP contribution in [0.25, 0.3) is 0 Å². The number of halogens is 2. The minimum Gasteiger partial charge on any atom is -0.248 e. The highest BCUT2D eigenvalue weighted by Gasteiger charge is 2.37. The molecule has 0 saturated heterocycles. The lowest BCUT2D eigenvalue weighted by Crippen LogP contribution is -2.48. The molecule has 0 aliphatic rings. The number of nitrogens with zero attached hydrogens (tertiary/aromatic N) is 1. The largest absolute Gasteiger partial charge is 0.248 e. The second kappa shape index (κ2) is 24.2. The van der Waals surface area contributed by atoms with Crippen LogP contribution in [0, 0.1) is 11.6 Å². The van der Waals surface area contributed by atoms with Crippen LogP contribution in [0.4, 0.5) is 8.78 Å².